The van der Waals surface area contributed by atoms with Gasteiger partial charge in [0, 0.05) is 25.6 Å². The van der Waals surface area contributed by atoms with Gasteiger partial charge in [-0.1, -0.05) is 0 Å². The van der Waals surface area contributed by atoms with Crippen molar-refractivity contribution in [1.29, 1.82) is 0 Å². The molecule has 0 aromatic carbocycles. The van der Waals surface area contributed by atoms with Gasteiger partial charge in [0.05, 0.1) is 13.2 Å². The van der Waals surface area contributed by atoms with E-state index in [2.05, 4.69) is 0 Å². The van der Waals surface area contributed by atoms with E-state index < -0.39 is 5.60 Å². The number of nitrogens with zero attached hydrogens (tertiary/aromatic N) is 1. The van der Waals surface area contributed by atoms with Crippen LogP contribution in [0.4, 0.5) is 4.79 Å². The first kappa shape index (κ1) is 14.3. The van der Waals surface area contributed by atoms with Gasteiger partial charge in [-0.05, 0) is 27.2 Å². The highest BCUT2D eigenvalue weighted by Gasteiger charge is 2.26. The largest absolute Gasteiger partial charge is 0.444 e. The standard InChI is InChI=1S/C12H23NO4/c1-12(2,3)17-11(15)13-5-7-16-9-10(8-13)4-6-14/h10,14H,4-9H2,1-3H3. The van der Waals surface area contributed by atoms with Crippen LogP contribution in [0.2, 0.25) is 0 Å². The van der Waals surface area contributed by atoms with Gasteiger partial charge in [0.1, 0.15) is 5.60 Å². The lowest BCUT2D eigenvalue weighted by atomic mass is 10.1. The molecule has 0 saturated carbocycles. The van der Waals surface area contributed by atoms with Gasteiger partial charge in [-0.2, -0.15) is 0 Å². The van der Waals surface area contributed by atoms with Crippen LogP contribution in [0.5, 0.6) is 0 Å². The molecule has 5 nitrogen and oxygen atoms in total. The number of carbonyl (C=O) groups excluding carboxylic acids is 1. The Hall–Kier alpha value is -0.810. The number of hydrogen-bond acceptors (Lipinski definition) is 4. The maximum atomic E-state index is 11.9. The number of aliphatic hydroxyl groups is 1. The summed E-state index contributed by atoms with van der Waals surface area (Å²) in [5, 5.41) is 8.93. The number of aliphatic hydroxyl groups excluding tert-OH is 1. The highest BCUT2D eigenvalue weighted by Crippen LogP contribution is 2.15. The fourth-order valence-corrected chi connectivity index (χ4v) is 1.73. The summed E-state index contributed by atoms with van der Waals surface area (Å²) >= 11 is 0. The third-order valence-electron chi connectivity index (χ3n) is 2.53. The van der Waals surface area contributed by atoms with Gasteiger partial charge in [0.15, 0.2) is 0 Å². The number of carbonyl (C=O) groups is 1. The minimum absolute atomic E-state index is 0.121. The minimum atomic E-state index is -0.475. The molecule has 1 aliphatic rings. The van der Waals surface area contributed by atoms with E-state index in [0.29, 0.717) is 32.7 Å². The first-order chi connectivity index (χ1) is 7.92. The Morgan fingerprint density at radius 1 is 1.53 bits per heavy atom. The summed E-state index contributed by atoms with van der Waals surface area (Å²) < 4.78 is 10.7. The van der Waals surface area contributed by atoms with Gasteiger partial charge in [0.2, 0.25) is 0 Å². The van der Waals surface area contributed by atoms with E-state index in [1.165, 1.54) is 0 Å². The maximum Gasteiger partial charge on any atom is 0.410 e. The lowest BCUT2D eigenvalue weighted by Gasteiger charge is -2.27. The summed E-state index contributed by atoms with van der Waals surface area (Å²) in [5.74, 6) is 0.190. The van der Waals surface area contributed by atoms with Crippen molar-refractivity contribution < 1.29 is 19.4 Å². The van der Waals surface area contributed by atoms with E-state index in [9.17, 15) is 4.79 Å². The number of ether oxygens (including phenoxy) is 2. The predicted octanol–water partition coefficient (Wildman–Crippen LogP) is 1.25. The molecule has 0 aromatic rings. The molecule has 1 unspecified atom stereocenters. The van der Waals surface area contributed by atoms with E-state index in [0.717, 1.165) is 0 Å². The first-order valence-electron chi connectivity index (χ1n) is 6.09. The normalized spacial score (nSPS) is 22.1. The topological polar surface area (TPSA) is 59.0 Å². The Bertz CT molecular complexity index is 249. The zero-order chi connectivity index (χ0) is 12.9. The Morgan fingerprint density at radius 3 is 2.82 bits per heavy atom. The van der Waals surface area contributed by atoms with Crippen LogP contribution in [-0.4, -0.2) is 54.6 Å². The van der Waals surface area contributed by atoms with Crippen LogP contribution >= 0.6 is 0 Å². The summed E-state index contributed by atoms with van der Waals surface area (Å²) in [5.41, 5.74) is -0.475. The highest BCUT2D eigenvalue weighted by molar-refractivity contribution is 5.68. The maximum absolute atomic E-state index is 11.9. The Balaban J connectivity index is 2.53. The second kappa shape index (κ2) is 6.21. The molecule has 0 aliphatic carbocycles. The molecule has 1 saturated heterocycles. The van der Waals surface area contributed by atoms with Crippen molar-refractivity contribution in [3.63, 3.8) is 0 Å². The van der Waals surface area contributed by atoms with Gasteiger partial charge >= 0.3 is 6.09 Å². The molecular weight excluding hydrogens is 222 g/mol. The van der Waals surface area contributed by atoms with Gasteiger partial charge in [-0.3, -0.25) is 0 Å². The lowest BCUT2D eigenvalue weighted by Crippen LogP contribution is -2.40. The molecule has 0 radical (unpaired) electrons. The van der Waals surface area contributed by atoms with Crippen LogP contribution in [0.3, 0.4) is 0 Å². The molecule has 0 aromatic heterocycles. The molecule has 1 N–H and O–H groups in total. The molecule has 1 atom stereocenters. The zero-order valence-corrected chi connectivity index (χ0v) is 10.9. The third kappa shape index (κ3) is 5.37. The molecular formula is C12H23NO4. The molecule has 5 heteroatoms. The van der Waals surface area contributed by atoms with Crippen LogP contribution in [0, 0.1) is 5.92 Å². The molecule has 100 valence electrons. The highest BCUT2D eigenvalue weighted by atomic mass is 16.6. The minimum Gasteiger partial charge on any atom is -0.444 e. The number of amides is 1. The average molecular weight is 245 g/mol. The predicted molar refractivity (Wildman–Crippen MR) is 63.8 cm³/mol. The van der Waals surface area contributed by atoms with Crippen LogP contribution < -0.4 is 0 Å². The van der Waals surface area contributed by atoms with E-state index >= 15 is 0 Å². The third-order valence-corrected chi connectivity index (χ3v) is 2.53. The summed E-state index contributed by atoms with van der Waals surface area (Å²) in [6, 6.07) is 0. The Morgan fingerprint density at radius 2 is 2.24 bits per heavy atom. The van der Waals surface area contributed by atoms with E-state index in [-0.39, 0.29) is 18.6 Å². The molecule has 1 rings (SSSR count). The summed E-state index contributed by atoms with van der Waals surface area (Å²) in [6.07, 6.45) is 0.352. The van der Waals surface area contributed by atoms with Crippen molar-refractivity contribution in [2.75, 3.05) is 32.9 Å². The van der Waals surface area contributed by atoms with E-state index in [1.807, 2.05) is 20.8 Å². The van der Waals surface area contributed by atoms with Crippen LogP contribution in [0.15, 0.2) is 0 Å². The molecule has 1 aliphatic heterocycles. The zero-order valence-electron chi connectivity index (χ0n) is 10.9. The first-order valence-corrected chi connectivity index (χ1v) is 6.09. The van der Waals surface area contributed by atoms with Gasteiger partial charge in [0.25, 0.3) is 0 Å². The molecule has 0 bridgehead atoms. The second-order valence-electron chi connectivity index (χ2n) is 5.38. The van der Waals surface area contributed by atoms with E-state index in [1.54, 1.807) is 4.90 Å². The van der Waals surface area contributed by atoms with Crippen molar-refractivity contribution >= 4 is 6.09 Å². The Labute approximate surface area is 103 Å². The second-order valence-corrected chi connectivity index (χ2v) is 5.38. The fourth-order valence-electron chi connectivity index (χ4n) is 1.73. The molecule has 17 heavy (non-hydrogen) atoms. The van der Waals surface area contributed by atoms with Crippen LogP contribution in [-0.2, 0) is 9.47 Å². The SMILES string of the molecule is CC(C)(C)OC(=O)N1CCOCC(CCO)C1. The van der Waals surface area contributed by atoms with Crippen molar-refractivity contribution in [2.45, 2.75) is 32.8 Å². The molecule has 1 amide bonds. The Kier molecular flexibility index (Phi) is 5.21. The summed E-state index contributed by atoms with van der Waals surface area (Å²) in [6.45, 7) is 7.95. The summed E-state index contributed by atoms with van der Waals surface area (Å²) in [4.78, 5) is 13.6. The number of hydrogen-bond donors (Lipinski definition) is 1. The van der Waals surface area contributed by atoms with Gasteiger partial charge in [-0.15, -0.1) is 0 Å². The van der Waals surface area contributed by atoms with Crippen molar-refractivity contribution in [3.8, 4) is 0 Å². The monoisotopic (exact) mass is 245 g/mol. The molecule has 1 fully saturated rings. The number of rotatable bonds is 2. The molecule has 1 heterocycles. The quantitative estimate of drug-likeness (QED) is 0.795. The smallest absolute Gasteiger partial charge is 0.410 e. The lowest BCUT2D eigenvalue weighted by molar-refractivity contribution is 0.0230. The molecule has 0 spiro atoms. The van der Waals surface area contributed by atoms with E-state index in [4.69, 9.17) is 14.6 Å². The van der Waals surface area contributed by atoms with Crippen LogP contribution in [0.25, 0.3) is 0 Å². The van der Waals surface area contributed by atoms with Crippen LogP contribution in [0.1, 0.15) is 27.2 Å². The van der Waals surface area contributed by atoms with Crippen molar-refractivity contribution in [2.24, 2.45) is 5.92 Å². The summed E-state index contributed by atoms with van der Waals surface area (Å²) in [7, 11) is 0. The van der Waals surface area contributed by atoms with Gasteiger partial charge < -0.3 is 19.5 Å². The van der Waals surface area contributed by atoms with Gasteiger partial charge in [-0.25, -0.2) is 4.79 Å². The fraction of sp³-hybridized carbons (Fsp3) is 0.917. The average Bonchev–Trinajstić information content (AvgIpc) is 2.41. The van der Waals surface area contributed by atoms with Crippen molar-refractivity contribution in [1.82, 2.24) is 4.90 Å². The van der Waals surface area contributed by atoms with Crippen molar-refractivity contribution in [3.05, 3.63) is 0 Å².